The summed E-state index contributed by atoms with van der Waals surface area (Å²) in [4.78, 5) is 16.1. The van der Waals surface area contributed by atoms with Gasteiger partial charge in [0.25, 0.3) is 5.56 Å². The molecule has 2 heterocycles. The third kappa shape index (κ3) is 0.865. The van der Waals surface area contributed by atoms with Crippen molar-refractivity contribution in [3.05, 3.63) is 40.7 Å². The van der Waals surface area contributed by atoms with Gasteiger partial charge < -0.3 is 0 Å². The lowest BCUT2D eigenvalue weighted by Gasteiger charge is -2.03. The molecule has 0 aliphatic carbocycles. The van der Waals surface area contributed by atoms with Crippen molar-refractivity contribution in [1.82, 2.24) is 4.57 Å². The molecule has 3 rings (SSSR count). The van der Waals surface area contributed by atoms with Crippen molar-refractivity contribution >= 4 is 22.8 Å². The molecule has 0 saturated carbocycles. The van der Waals surface area contributed by atoms with Crippen LogP contribution in [-0.4, -0.2) is 10.8 Å². The molecule has 3 heteroatoms. The van der Waals surface area contributed by atoms with E-state index in [2.05, 4.69) is 4.99 Å². The fourth-order valence-electron chi connectivity index (χ4n) is 1.78. The third-order valence-corrected chi connectivity index (χ3v) is 2.49. The molecule has 0 amide bonds. The van der Waals surface area contributed by atoms with Crippen LogP contribution in [0.3, 0.4) is 0 Å². The smallest absolute Gasteiger partial charge is 0.260 e. The molecule has 0 atom stereocenters. The van der Waals surface area contributed by atoms with Crippen LogP contribution < -0.4 is 5.56 Å². The summed E-state index contributed by atoms with van der Waals surface area (Å²) in [5.41, 5.74) is 0.0515. The number of hydrogen-bond acceptors (Lipinski definition) is 2. The van der Waals surface area contributed by atoms with E-state index in [9.17, 15) is 4.79 Å². The Morgan fingerprint density at radius 1 is 1.29 bits per heavy atom. The first kappa shape index (κ1) is 7.50. The van der Waals surface area contributed by atoms with Crippen LogP contribution >= 0.6 is 0 Å². The number of fused-ring (bicyclic) bond motifs is 2. The summed E-state index contributed by atoms with van der Waals surface area (Å²) < 4.78 is 1.68. The summed E-state index contributed by atoms with van der Waals surface area (Å²) in [5, 5.41) is 1.73. The summed E-state index contributed by atoms with van der Waals surface area (Å²) in [7, 11) is 0. The molecule has 0 saturated heterocycles. The molecule has 1 aromatic carbocycles. The second-order valence-electron chi connectivity index (χ2n) is 3.32. The van der Waals surface area contributed by atoms with E-state index in [1.54, 1.807) is 10.8 Å². The summed E-state index contributed by atoms with van der Waals surface area (Å²) in [6.07, 6.45) is 1.76. The van der Waals surface area contributed by atoms with Gasteiger partial charge in [-0.05, 0) is 17.5 Å². The first-order valence-electron chi connectivity index (χ1n) is 4.51. The summed E-state index contributed by atoms with van der Waals surface area (Å²) in [6.45, 7) is 0.596. The number of rotatable bonds is 0. The molecule has 3 nitrogen and oxygen atoms in total. The van der Waals surface area contributed by atoms with Gasteiger partial charge in [0.1, 0.15) is 5.82 Å². The number of benzene rings is 1. The highest BCUT2D eigenvalue weighted by molar-refractivity contribution is 5.85. The maximum Gasteiger partial charge on any atom is 0.260 e. The Labute approximate surface area is 80.3 Å². The van der Waals surface area contributed by atoms with Gasteiger partial charge in [0.2, 0.25) is 0 Å². The standard InChI is InChI=1S/C11H8N2O/c14-11-9-4-2-1-3-8(9)7-10-12-5-6-13(10)11/h1-5,7H,6H2. The minimum atomic E-state index is 0.0515. The van der Waals surface area contributed by atoms with E-state index in [1.807, 2.05) is 30.3 Å². The predicted molar refractivity (Wildman–Crippen MR) is 56.4 cm³/mol. The summed E-state index contributed by atoms with van der Waals surface area (Å²) in [5.74, 6) is 0.758. The van der Waals surface area contributed by atoms with Gasteiger partial charge in [0.15, 0.2) is 0 Å². The summed E-state index contributed by atoms with van der Waals surface area (Å²) >= 11 is 0. The van der Waals surface area contributed by atoms with Gasteiger partial charge in [-0.2, -0.15) is 0 Å². The molecular formula is C11H8N2O. The van der Waals surface area contributed by atoms with Crippen LogP contribution in [0.2, 0.25) is 0 Å². The molecule has 0 fully saturated rings. The van der Waals surface area contributed by atoms with Crippen molar-refractivity contribution in [2.45, 2.75) is 6.54 Å². The molecule has 68 valence electrons. The van der Waals surface area contributed by atoms with Crippen LogP contribution in [0, 0.1) is 0 Å². The lowest BCUT2D eigenvalue weighted by Crippen LogP contribution is -2.17. The van der Waals surface area contributed by atoms with Crippen molar-refractivity contribution in [3.63, 3.8) is 0 Å². The molecule has 0 unspecified atom stereocenters. The van der Waals surface area contributed by atoms with Gasteiger partial charge in [-0.25, -0.2) is 4.99 Å². The van der Waals surface area contributed by atoms with E-state index in [0.29, 0.717) is 6.54 Å². The van der Waals surface area contributed by atoms with E-state index in [1.165, 1.54) is 0 Å². The van der Waals surface area contributed by atoms with Gasteiger partial charge in [0.05, 0.1) is 6.54 Å². The zero-order valence-electron chi connectivity index (χ0n) is 7.47. The molecule has 1 aromatic heterocycles. The van der Waals surface area contributed by atoms with Gasteiger partial charge in [-0.3, -0.25) is 9.36 Å². The SMILES string of the molecule is O=c1c2ccccc2cc2n1CC=N2. The number of aliphatic imine (C=N–C) groups is 1. The number of aromatic nitrogens is 1. The molecule has 1 aliphatic rings. The maximum atomic E-state index is 11.9. The highest BCUT2D eigenvalue weighted by atomic mass is 16.1. The number of hydrogen-bond donors (Lipinski definition) is 0. The van der Waals surface area contributed by atoms with Crippen LogP contribution in [-0.2, 0) is 6.54 Å². The first-order chi connectivity index (χ1) is 6.86. The Bertz CT molecular complexity index is 596. The molecule has 1 aliphatic heterocycles. The number of pyridine rings is 1. The van der Waals surface area contributed by atoms with Crippen LogP contribution in [0.1, 0.15) is 0 Å². The predicted octanol–water partition coefficient (Wildman–Crippen LogP) is 1.72. The second-order valence-corrected chi connectivity index (χ2v) is 3.32. The molecular weight excluding hydrogens is 176 g/mol. The minimum Gasteiger partial charge on any atom is -0.287 e. The van der Waals surface area contributed by atoms with Crippen molar-refractivity contribution in [2.75, 3.05) is 0 Å². The van der Waals surface area contributed by atoms with Crippen LogP contribution in [0.4, 0.5) is 5.82 Å². The Kier molecular flexibility index (Phi) is 1.36. The monoisotopic (exact) mass is 184 g/mol. The molecule has 0 spiro atoms. The van der Waals surface area contributed by atoms with E-state index < -0.39 is 0 Å². The maximum absolute atomic E-state index is 11.9. The zero-order chi connectivity index (χ0) is 9.54. The highest BCUT2D eigenvalue weighted by Crippen LogP contribution is 2.19. The Morgan fingerprint density at radius 3 is 3.07 bits per heavy atom. The molecule has 2 aromatic rings. The Morgan fingerprint density at radius 2 is 2.14 bits per heavy atom. The zero-order valence-corrected chi connectivity index (χ0v) is 7.47. The Hall–Kier alpha value is -1.90. The van der Waals surface area contributed by atoms with Crippen molar-refractivity contribution in [2.24, 2.45) is 4.99 Å². The third-order valence-electron chi connectivity index (χ3n) is 2.49. The van der Waals surface area contributed by atoms with Gasteiger partial charge in [-0.1, -0.05) is 18.2 Å². The van der Waals surface area contributed by atoms with E-state index in [-0.39, 0.29) is 5.56 Å². The average molecular weight is 184 g/mol. The van der Waals surface area contributed by atoms with Gasteiger partial charge in [0, 0.05) is 11.6 Å². The normalized spacial score (nSPS) is 13.4. The Balaban J connectivity index is 2.54. The van der Waals surface area contributed by atoms with Gasteiger partial charge >= 0.3 is 0 Å². The van der Waals surface area contributed by atoms with Crippen molar-refractivity contribution in [1.29, 1.82) is 0 Å². The minimum absolute atomic E-state index is 0.0515. The molecule has 0 N–H and O–H groups in total. The largest absolute Gasteiger partial charge is 0.287 e. The second kappa shape index (κ2) is 2.54. The first-order valence-corrected chi connectivity index (χ1v) is 4.51. The van der Waals surface area contributed by atoms with E-state index in [4.69, 9.17) is 0 Å². The molecule has 14 heavy (non-hydrogen) atoms. The lowest BCUT2D eigenvalue weighted by atomic mass is 10.2. The number of nitrogens with zero attached hydrogens (tertiary/aromatic N) is 2. The lowest BCUT2D eigenvalue weighted by molar-refractivity contribution is 0.860. The average Bonchev–Trinajstić information content (AvgIpc) is 2.66. The molecule has 0 radical (unpaired) electrons. The quantitative estimate of drug-likeness (QED) is 0.613. The fraction of sp³-hybridized carbons (Fsp3) is 0.0909. The van der Waals surface area contributed by atoms with E-state index >= 15 is 0 Å². The van der Waals surface area contributed by atoms with Crippen LogP contribution in [0.15, 0.2) is 40.1 Å². The fourth-order valence-corrected chi connectivity index (χ4v) is 1.78. The topological polar surface area (TPSA) is 34.4 Å². The van der Waals surface area contributed by atoms with Crippen LogP contribution in [0.25, 0.3) is 10.8 Å². The van der Waals surface area contributed by atoms with Crippen molar-refractivity contribution < 1.29 is 0 Å². The summed E-state index contributed by atoms with van der Waals surface area (Å²) in [6, 6.07) is 9.54. The van der Waals surface area contributed by atoms with Crippen LogP contribution in [0.5, 0.6) is 0 Å². The van der Waals surface area contributed by atoms with Gasteiger partial charge in [-0.15, -0.1) is 0 Å². The molecule has 0 bridgehead atoms. The van der Waals surface area contributed by atoms with Crippen molar-refractivity contribution in [3.8, 4) is 0 Å². The highest BCUT2D eigenvalue weighted by Gasteiger charge is 2.10. The van der Waals surface area contributed by atoms with E-state index in [0.717, 1.165) is 16.6 Å².